The number of thiophene rings is 1. The second-order valence-corrected chi connectivity index (χ2v) is 9.06. The molecule has 0 saturated heterocycles. The Bertz CT molecular complexity index is 1100. The van der Waals surface area contributed by atoms with Gasteiger partial charge in [-0.05, 0) is 52.0 Å². The SMILES string of the molecule is CCn1c(C)nc2cc(C(=O)NNS(=O)(=O)c3cc(C)sc3C)ccc21. The zero-order chi connectivity index (χ0) is 19.1. The number of benzene rings is 1. The Morgan fingerprint density at radius 3 is 2.58 bits per heavy atom. The molecule has 0 spiro atoms. The van der Waals surface area contributed by atoms with Crippen molar-refractivity contribution in [2.75, 3.05) is 0 Å². The number of fused-ring (bicyclic) bond motifs is 1. The standard InChI is InChI=1S/C17H20N4O3S2/c1-5-21-12(4)18-14-9-13(6-7-15(14)21)17(22)19-20-26(23,24)16-8-10(2)25-11(16)3/h6-9,20H,5H2,1-4H3,(H,19,22). The highest BCUT2D eigenvalue weighted by atomic mass is 32.2. The molecule has 0 atom stereocenters. The van der Waals surface area contributed by atoms with Crippen molar-refractivity contribution < 1.29 is 13.2 Å². The van der Waals surface area contributed by atoms with Crippen LogP contribution in [0.2, 0.25) is 0 Å². The zero-order valence-corrected chi connectivity index (χ0v) is 16.6. The summed E-state index contributed by atoms with van der Waals surface area (Å²) in [6, 6.07) is 6.70. The maximum absolute atomic E-state index is 12.4. The molecule has 1 amide bonds. The minimum atomic E-state index is -3.81. The molecular weight excluding hydrogens is 372 g/mol. The summed E-state index contributed by atoms with van der Waals surface area (Å²) >= 11 is 1.39. The quantitative estimate of drug-likeness (QED) is 0.653. The third kappa shape index (κ3) is 3.37. The molecule has 0 saturated carbocycles. The molecule has 0 unspecified atom stereocenters. The third-order valence-corrected chi connectivity index (χ3v) is 6.57. The summed E-state index contributed by atoms with van der Waals surface area (Å²) in [7, 11) is -3.81. The van der Waals surface area contributed by atoms with Gasteiger partial charge in [0, 0.05) is 21.9 Å². The lowest BCUT2D eigenvalue weighted by Crippen LogP contribution is -2.41. The number of hydrogen-bond acceptors (Lipinski definition) is 5. The van der Waals surface area contributed by atoms with Gasteiger partial charge >= 0.3 is 0 Å². The fourth-order valence-corrected chi connectivity index (χ4v) is 5.30. The normalized spacial score (nSPS) is 11.8. The monoisotopic (exact) mass is 392 g/mol. The summed E-state index contributed by atoms with van der Waals surface area (Å²) in [5, 5.41) is 0. The van der Waals surface area contributed by atoms with Gasteiger partial charge in [-0.2, -0.15) is 0 Å². The highest BCUT2D eigenvalue weighted by molar-refractivity contribution is 7.89. The van der Waals surface area contributed by atoms with E-state index in [0.29, 0.717) is 16.0 Å². The summed E-state index contributed by atoms with van der Waals surface area (Å²) in [4.78, 5) is 20.7. The lowest BCUT2D eigenvalue weighted by atomic mass is 10.2. The first kappa shape index (κ1) is 18.6. The van der Waals surface area contributed by atoms with Gasteiger partial charge in [0.15, 0.2) is 0 Å². The Morgan fingerprint density at radius 1 is 1.23 bits per heavy atom. The average Bonchev–Trinajstić information content (AvgIpc) is 3.09. The summed E-state index contributed by atoms with van der Waals surface area (Å²) in [5.74, 6) is 0.327. The van der Waals surface area contributed by atoms with Gasteiger partial charge in [0.1, 0.15) is 5.82 Å². The first-order chi connectivity index (χ1) is 12.2. The number of aromatic nitrogens is 2. The minimum absolute atomic E-state index is 0.174. The van der Waals surface area contributed by atoms with Gasteiger partial charge < -0.3 is 4.57 Å². The van der Waals surface area contributed by atoms with Crippen LogP contribution in [0, 0.1) is 20.8 Å². The van der Waals surface area contributed by atoms with Crippen LogP contribution in [0.5, 0.6) is 0 Å². The predicted molar refractivity (Wildman–Crippen MR) is 102 cm³/mol. The summed E-state index contributed by atoms with van der Waals surface area (Å²) < 4.78 is 26.8. The second kappa shape index (κ2) is 6.82. The van der Waals surface area contributed by atoms with E-state index in [4.69, 9.17) is 0 Å². The molecule has 138 valence electrons. The topological polar surface area (TPSA) is 93.1 Å². The van der Waals surface area contributed by atoms with Gasteiger partial charge in [0.05, 0.1) is 15.9 Å². The van der Waals surface area contributed by atoms with E-state index in [2.05, 4.69) is 15.2 Å². The Labute approximate surface area is 156 Å². The maximum atomic E-state index is 12.4. The number of hydrazine groups is 1. The second-order valence-electron chi connectivity index (χ2n) is 5.94. The lowest BCUT2D eigenvalue weighted by Gasteiger charge is -2.08. The van der Waals surface area contributed by atoms with Gasteiger partial charge in [-0.15, -0.1) is 16.2 Å². The number of carbonyl (C=O) groups is 1. The van der Waals surface area contributed by atoms with Crippen molar-refractivity contribution >= 4 is 38.3 Å². The van der Waals surface area contributed by atoms with Crippen molar-refractivity contribution in [1.82, 2.24) is 19.8 Å². The number of rotatable bonds is 5. The van der Waals surface area contributed by atoms with Crippen LogP contribution in [0.3, 0.4) is 0 Å². The van der Waals surface area contributed by atoms with Crippen molar-refractivity contribution in [3.8, 4) is 0 Å². The first-order valence-corrected chi connectivity index (χ1v) is 10.4. The smallest absolute Gasteiger partial charge is 0.266 e. The number of nitrogens with zero attached hydrogens (tertiary/aromatic N) is 2. The van der Waals surface area contributed by atoms with Crippen LogP contribution < -0.4 is 10.3 Å². The van der Waals surface area contributed by atoms with Gasteiger partial charge in [-0.3, -0.25) is 10.2 Å². The van der Waals surface area contributed by atoms with Crippen LogP contribution in [0.4, 0.5) is 0 Å². The van der Waals surface area contributed by atoms with Crippen molar-refractivity contribution in [2.24, 2.45) is 0 Å². The summed E-state index contributed by atoms with van der Waals surface area (Å²) in [5.41, 5.74) is 4.23. The summed E-state index contributed by atoms with van der Waals surface area (Å²) in [6.45, 7) is 8.28. The number of imidazole rings is 1. The van der Waals surface area contributed by atoms with Gasteiger partial charge in [0.2, 0.25) is 0 Å². The molecule has 0 bridgehead atoms. The van der Waals surface area contributed by atoms with E-state index in [1.165, 1.54) is 11.3 Å². The molecule has 2 aromatic heterocycles. The van der Waals surface area contributed by atoms with E-state index in [1.807, 2.05) is 31.4 Å². The van der Waals surface area contributed by atoms with Gasteiger partial charge in [-0.25, -0.2) is 13.4 Å². The van der Waals surface area contributed by atoms with Crippen LogP contribution in [0.1, 0.15) is 32.9 Å². The number of amides is 1. The van der Waals surface area contributed by atoms with Crippen LogP contribution in [-0.2, 0) is 16.6 Å². The molecule has 0 aliphatic rings. The number of aryl methyl sites for hydroxylation is 4. The molecule has 0 aliphatic heterocycles. The zero-order valence-electron chi connectivity index (χ0n) is 15.0. The van der Waals surface area contributed by atoms with E-state index < -0.39 is 15.9 Å². The fraction of sp³-hybridized carbons (Fsp3) is 0.294. The van der Waals surface area contributed by atoms with E-state index in [0.717, 1.165) is 22.8 Å². The number of nitrogens with one attached hydrogen (secondary N) is 2. The fourth-order valence-electron chi connectivity index (χ4n) is 2.91. The van der Waals surface area contributed by atoms with Crippen molar-refractivity contribution in [3.63, 3.8) is 0 Å². The van der Waals surface area contributed by atoms with Crippen LogP contribution in [0.25, 0.3) is 11.0 Å². The maximum Gasteiger partial charge on any atom is 0.266 e. The average molecular weight is 393 g/mol. The Hall–Kier alpha value is -2.23. The van der Waals surface area contributed by atoms with Crippen LogP contribution >= 0.6 is 11.3 Å². The molecular formula is C17H20N4O3S2. The Morgan fingerprint density at radius 2 is 1.96 bits per heavy atom. The van der Waals surface area contributed by atoms with Crippen molar-refractivity contribution in [3.05, 3.63) is 45.4 Å². The number of carbonyl (C=O) groups excluding carboxylic acids is 1. The lowest BCUT2D eigenvalue weighted by molar-refractivity contribution is 0.0945. The molecule has 3 aromatic rings. The molecule has 2 heterocycles. The molecule has 2 N–H and O–H groups in total. The van der Waals surface area contributed by atoms with E-state index >= 15 is 0 Å². The third-order valence-electron chi connectivity index (χ3n) is 4.10. The predicted octanol–water partition coefficient (Wildman–Crippen LogP) is 2.67. The largest absolute Gasteiger partial charge is 0.329 e. The summed E-state index contributed by atoms with van der Waals surface area (Å²) in [6.07, 6.45) is 0. The minimum Gasteiger partial charge on any atom is -0.329 e. The van der Waals surface area contributed by atoms with Gasteiger partial charge in [-0.1, -0.05) is 0 Å². The van der Waals surface area contributed by atoms with E-state index in [1.54, 1.807) is 25.1 Å². The van der Waals surface area contributed by atoms with Crippen molar-refractivity contribution in [2.45, 2.75) is 39.1 Å². The van der Waals surface area contributed by atoms with Gasteiger partial charge in [0.25, 0.3) is 15.9 Å². The highest BCUT2D eigenvalue weighted by Crippen LogP contribution is 2.24. The Kier molecular flexibility index (Phi) is 4.87. The molecule has 7 nitrogen and oxygen atoms in total. The molecule has 3 rings (SSSR count). The Balaban J connectivity index is 1.80. The van der Waals surface area contributed by atoms with E-state index in [-0.39, 0.29) is 4.90 Å². The molecule has 9 heteroatoms. The molecule has 0 radical (unpaired) electrons. The van der Waals surface area contributed by atoms with Crippen LogP contribution in [0.15, 0.2) is 29.2 Å². The first-order valence-electron chi connectivity index (χ1n) is 8.09. The van der Waals surface area contributed by atoms with Crippen LogP contribution in [-0.4, -0.2) is 23.9 Å². The highest BCUT2D eigenvalue weighted by Gasteiger charge is 2.20. The molecule has 0 fully saturated rings. The molecule has 1 aromatic carbocycles. The number of hydrogen-bond donors (Lipinski definition) is 2. The number of sulfonamides is 1. The molecule has 0 aliphatic carbocycles. The van der Waals surface area contributed by atoms with Crippen molar-refractivity contribution in [1.29, 1.82) is 0 Å². The molecule has 26 heavy (non-hydrogen) atoms. The van der Waals surface area contributed by atoms with E-state index in [9.17, 15) is 13.2 Å².